The molecule has 0 aliphatic rings. The summed E-state index contributed by atoms with van der Waals surface area (Å²) >= 11 is 3.16. The zero-order valence-electron chi connectivity index (χ0n) is 12.5. The molecule has 3 aromatic rings. The summed E-state index contributed by atoms with van der Waals surface area (Å²) in [4.78, 5) is 15.3. The summed E-state index contributed by atoms with van der Waals surface area (Å²) in [6.45, 7) is 0. The lowest BCUT2D eigenvalue weighted by Gasteiger charge is -2.00. The lowest BCUT2D eigenvalue weighted by molar-refractivity contribution is -0.542. The maximum Gasteiger partial charge on any atom is 0.312 e. The molecule has 0 saturated heterocycles. The van der Waals surface area contributed by atoms with Crippen molar-refractivity contribution in [3.63, 3.8) is 0 Å². The van der Waals surface area contributed by atoms with Crippen LogP contribution in [-0.4, -0.2) is 4.98 Å². The molecule has 0 saturated carbocycles. The van der Waals surface area contributed by atoms with Crippen molar-refractivity contribution < 1.29 is 4.43 Å². The van der Waals surface area contributed by atoms with Crippen LogP contribution in [0.4, 0.5) is 0 Å². The first-order valence-electron chi connectivity index (χ1n) is 7.29. The fraction of sp³-hybridized carbons (Fsp3) is 0.111. The Kier molecular flexibility index (Phi) is 5.56. The van der Waals surface area contributed by atoms with Gasteiger partial charge in [-0.2, -0.15) is 0 Å². The lowest BCUT2D eigenvalue weighted by atomic mass is 10.2. The number of hydrogen-bond acceptors (Lipinski definition) is 3. The normalized spacial score (nSPS) is 10.6. The Bertz CT molecular complexity index is 804. The minimum atomic E-state index is 0.679. The minimum absolute atomic E-state index is 0.679. The van der Waals surface area contributed by atoms with Gasteiger partial charge in [-0.25, -0.2) is 0 Å². The van der Waals surface area contributed by atoms with E-state index in [0.29, 0.717) is 5.03 Å². The van der Waals surface area contributed by atoms with Crippen molar-refractivity contribution in [3.05, 3.63) is 89.1 Å². The summed E-state index contributed by atoms with van der Waals surface area (Å²) in [5, 5.41) is 1.55. The molecular formula is C18H17N2OS2+. The van der Waals surface area contributed by atoms with Crippen LogP contribution >= 0.6 is 23.5 Å². The molecule has 0 radical (unpaired) electrons. The Morgan fingerprint density at radius 2 is 1.39 bits per heavy atom. The third-order valence-corrected chi connectivity index (χ3v) is 5.34. The maximum absolute atomic E-state index is 12.1. The number of benzene rings is 2. The number of nitrogens with one attached hydrogen (secondary N) is 1. The summed E-state index contributed by atoms with van der Waals surface area (Å²) in [6, 6.07) is 20.4. The molecule has 1 heterocycles. The Labute approximate surface area is 143 Å². The highest BCUT2D eigenvalue weighted by atomic mass is 32.2. The van der Waals surface area contributed by atoms with Gasteiger partial charge in [-0.1, -0.05) is 72.4 Å². The second kappa shape index (κ2) is 8.04. The van der Waals surface area contributed by atoms with Crippen molar-refractivity contribution in [2.45, 2.75) is 21.6 Å². The van der Waals surface area contributed by atoms with E-state index in [1.807, 2.05) is 36.4 Å². The van der Waals surface area contributed by atoms with Gasteiger partial charge in [0, 0.05) is 16.4 Å². The lowest BCUT2D eigenvalue weighted by Crippen LogP contribution is -2.17. The zero-order chi connectivity index (χ0) is 15.9. The number of hydrogen-bond donors (Lipinski definition) is 1. The van der Waals surface area contributed by atoms with E-state index in [-0.39, 0.29) is 0 Å². The number of aromatic nitrogens is 2. The quantitative estimate of drug-likeness (QED) is 0.529. The molecule has 0 aliphatic heterocycles. The van der Waals surface area contributed by atoms with Crippen molar-refractivity contribution in [2.75, 3.05) is 0 Å². The van der Waals surface area contributed by atoms with Gasteiger partial charge >= 0.3 is 5.03 Å². The topological polar surface area (TPSA) is 38.8 Å². The maximum atomic E-state index is 12.1. The average Bonchev–Trinajstić information content (AvgIpc) is 2.61. The molecule has 5 heteroatoms. The molecule has 23 heavy (non-hydrogen) atoms. The number of H-pyrrole nitrogens is 1. The molecule has 3 nitrogen and oxygen atoms in total. The molecule has 0 fully saturated rings. The average molecular weight is 341 g/mol. The van der Waals surface area contributed by atoms with E-state index in [2.05, 4.69) is 29.2 Å². The predicted octanol–water partition coefficient (Wildman–Crippen LogP) is 4.51. The number of thioether (sulfide) groups is 2. The van der Waals surface area contributed by atoms with Crippen molar-refractivity contribution in [1.82, 2.24) is 4.98 Å². The summed E-state index contributed by atoms with van der Waals surface area (Å²) in [5.74, 6) is 1.63. The van der Waals surface area contributed by atoms with Crippen LogP contribution in [0.2, 0.25) is 0 Å². The van der Waals surface area contributed by atoms with E-state index in [1.54, 1.807) is 24.2 Å². The van der Waals surface area contributed by atoms with Crippen LogP contribution in [0.15, 0.2) is 83.1 Å². The second-order valence-corrected chi connectivity index (χ2v) is 7.01. The number of aromatic amines is 1. The first-order chi connectivity index (χ1) is 11.3. The Hall–Kier alpha value is -1.98. The fourth-order valence-electron chi connectivity index (χ4n) is 2.05. The first kappa shape index (κ1) is 15.9. The molecule has 2 aromatic carbocycles. The Morgan fingerprint density at radius 3 is 1.96 bits per heavy atom. The van der Waals surface area contributed by atoms with Crippen LogP contribution in [0.25, 0.3) is 0 Å². The predicted molar refractivity (Wildman–Crippen MR) is 96.2 cm³/mol. The number of nitrogens with zero attached hydrogens (tertiary/aromatic N) is 1. The third kappa shape index (κ3) is 4.74. The molecule has 0 spiro atoms. The van der Waals surface area contributed by atoms with Crippen LogP contribution in [0.3, 0.4) is 0 Å². The summed E-state index contributed by atoms with van der Waals surface area (Å²) < 4.78 is 0.942. The van der Waals surface area contributed by atoms with Crippen LogP contribution in [0.5, 0.6) is 0 Å². The van der Waals surface area contributed by atoms with E-state index in [1.165, 1.54) is 22.9 Å². The van der Waals surface area contributed by atoms with E-state index in [4.69, 9.17) is 0 Å². The Morgan fingerprint density at radius 1 is 0.826 bits per heavy atom. The molecule has 0 atom stereocenters. The van der Waals surface area contributed by atoms with Gasteiger partial charge in [-0.15, -0.1) is 0 Å². The van der Waals surface area contributed by atoms with Crippen LogP contribution < -0.4 is 4.43 Å². The SMILES string of the molecule is O=[n+]1cc(SCc2ccccc2)[nH]cc1SCc1ccccc1. The third-order valence-electron chi connectivity index (χ3n) is 3.26. The van der Waals surface area contributed by atoms with Crippen molar-refractivity contribution >= 4 is 23.5 Å². The molecule has 0 bridgehead atoms. The van der Waals surface area contributed by atoms with E-state index in [9.17, 15) is 4.91 Å². The first-order valence-corrected chi connectivity index (χ1v) is 9.27. The van der Waals surface area contributed by atoms with Crippen molar-refractivity contribution in [1.29, 1.82) is 0 Å². The summed E-state index contributed by atoms with van der Waals surface area (Å²) in [5.41, 5.74) is 2.45. The fourth-order valence-corrected chi connectivity index (χ4v) is 3.71. The Balaban J connectivity index is 1.60. The highest BCUT2D eigenvalue weighted by Crippen LogP contribution is 2.22. The van der Waals surface area contributed by atoms with Gasteiger partial charge in [0.05, 0.1) is 10.6 Å². The standard InChI is InChI=1S/C18H17N2OS2/c21-20-12-17(22-13-15-7-3-1-4-8-15)19-11-18(20)23-14-16-9-5-2-6-10-16/h1-12H,13-14H2,(H,19,21)/q+1. The van der Waals surface area contributed by atoms with Crippen molar-refractivity contribution in [3.8, 4) is 0 Å². The van der Waals surface area contributed by atoms with Gasteiger partial charge in [-0.3, -0.25) is 0 Å². The van der Waals surface area contributed by atoms with Crippen molar-refractivity contribution in [2.24, 2.45) is 0 Å². The molecule has 0 unspecified atom stereocenters. The monoisotopic (exact) mass is 341 g/mol. The van der Waals surface area contributed by atoms with Gasteiger partial charge in [0.2, 0.25) is 0 Å². The van der Waals surface area contributed by atoms with Crippen LogP contribution in [0, 0.1) is 4.91 Å². The molecule has 0 amide bonds. The van der Waals surface area contributed by atoms with Gasteiger partial charge in [0.15, 0.2) is 0 Å². The van der Waals surface area contributed by atoms with Crippen LogP contribution in [0.1, 0.15) is 11.1 Å². The molecule has 1 aromatic heterocycles. The molecule has 116 valence electrons. The van der Waals surface area contributed by atoms with Gasteiger partial charge in [-0.05, 0) is 22.9 Å². The minimum Gasteiger partial charge on any atom is -0.345 e. The smallest absolute Gasteiger partial charge is 0.312 e. The highest BCUT2D eigenvalue weighted by molar-refractivity contribution is 7.98. The summed E-state index contributed by atoms with van der Waals surface area (Å²) in [6.07, 6.45) is 3.40. The molecule has 1 N–H and O–H groups in total. The molecule has 0 aliphatic carbocycles. The summed E-state index contributed by atoms with van der Waals surface area (Å²) in [7, 11) is 0. The highest BCUT2D eigenvalue weighted by Gasteiger charge is 2.11. The molecule has 3 rings (SSSR count). The van der Waals surface area contributed by atoms with Crippen LogP contribution in [-0.2, 0) is 11.5 Å². The zero-order valence-corrected chi connectivity index (χ0v) is 14.1. The molecular weight excluding hydrogens is 324 g/mol. The van der Waals surface area contributed by atoms with Gasteiger partial charge < -0.3 is 4.98 Å². The number of rotatable bonds is 6. The van der Waals surface area contributed by atoms with E-state index in [0.717, 1.165) is 21.0 Å². The van der Waals surface area contributed by atoms with Gasteiger partial charge in [0.1, 0.15) is 5.03 Å². The van der Waals surface area contributed by atoms with E-state index < -0.39 is 0 Å². The van der Waals surface area contributed by atoms with Gasteiger partial charge in [0.25, 0.3) is 6.20 Å². The van der Waals surface area contributed by atoms with E-state index >= 15 is 0 Å². The second-order valence-electron chi connectivity index (χ2n) is 4.99. The largest absolute Gasteiger partial charge is 0.345 e.